The number of rotatable bonds is 2. The molecule has 0 aromatic carbocycles. The standard InChI is InChI=1S/C21H26N8O/c1-14-10-18-23-13-25-29(18)11-16(14)26-20(30)28-8-5-15-17(4-6-22-19(15)28)27-9-7-24-21(2,3)12-27/h4,6,10-11,13,24H,5,7-9,12H2,1-3H3,(H,26,30). The van der Waals surface area contributed by atoms with Crippen molar-refractivity contribution in [2.75, 3.05) is 41.3 Å². The summed E-state index contributed by atoms with van der Waals surface area (Å²) in [5.74, 6) is 0.751. The lowest BCUT2D eigenvalue weighted by Gasteiger charge is -2.41. The van der Waals surface area contributed by atoms with Gasteiger partial charge in [0.05, 0.1) is 11.9 Å². The van der Waals surface area contributed by atoms with Gasteiger partial charge < -0.3 is 15.5 Å². The maximum atomic E-state index is 13.1. The van der Waals surface area contributed by atoms with Crippen LogP contribution in [0.2, 0.25) is 0 Å². The SMILES string of the molecule is Cc1cc2ncnn2cc1NC(=O)N1CCc2c(N3CCNC(C)(C)C3)ccnc21. The van der Waals surface area contributed by atoms with Gasteiger partial charge in [-0.3, -0.25) is 4.90 Å². The zero-order chi connectivity index (χ0) is 20.9. The minimum atomic E-state index is -0.179. The molecule has 3 aromatic rings. The van der Waals surface area contributed by atoms with E-state index in [9.17, 15) is 4.79 Å². The van der Waals surface area contributed by atoms with E-state index in [2.05, 4.69) is 50.5 Å². The number of anilines is 3. The molecule has 9 heteroatoms. The Kier molecular flexibility index (Phi) is 4.35. The molecule has 5 rings (SSSR count). The van der Waals surface area contributed by atoms with Gasteiger partial charge in [-0.1, -0.05) is 0 Å². The Labute approximate surface area is 175 Å². The maximum Gasteiger partial charge on any atom is 0.327 e. The first kappa shape index (κ1) is 18.8. The molecule has 156 valence electrons. The van der Waals surface area contributed by atoms with Gasteiger partial charge in [0.1, 0.15) is 12.1 Å². The molecule has 0 radical (unpaired) electrons. The van der Waals surface area contributed by atoms with Crippen LogP contribution in [-0.4, -0.2) is 57.3 Å². The van der Waals surface area contributed by atoms with Crippen LogP contribution < -0.4 is 20.4 Å². The lowest BCUT2D eigenvalue weighted by atomic mass is 10.0. The van der Waals surface area contributed by atoms with Gasteiger partial charge in [-0.15, -0.1) is 0 Å². The van der Waals surface area contributed by atoms with Crippen molar-refractivity contribution < 1.29 is 4.79 Å². The predicted octanol–water partition coefficient (Wildman–Crippen LogP) is 2.22. The molecule has 1 fully saturated rings. The average Bonchev–Trinajstić information content (AvgIpc) is 3.33. The van der Waals surface area contributed by atoms with E-state index >= 15 is 0 Å². The Morgan fingerprint density at radius 2 is 2.13 bits per heavy atom. The van der Waals surface area contributed by atoms with Gasteiger partial charge in [-0.2, -0.15) is 5.10 Å². The summed E-state index contributed by atoms with van der Waals surface area (Å²) in [5, 5.41) is 10.7. The van der Waals surface area contributed by atoms with Gasteiger partial charge in [0, 0.05) is 49.2 Å². The molecule has 0 unspecified atom stereocenters. The van der Waals surface area contributed by atoms with Crippen molar-refractivity contribution in [2.24, 2.45) is 0 Å². The number of nitrogens with zero attached hydrogens (tertiary/aromatic N) is 6. The molecule has 0 bridgehead atoms. The number of amides is 2. The van der Waals surface area contributed by atoms with Crippen LogP contribution >= 0.6 is 0 Å². The number of urea groups is 1. The lowest BCUT2D eigenvalue weighted by molar-refractivity contribution is 0.257. The van der Waals surface area contributed by atoms with Crippen molar-refractivity contribution in [1.82, 2.24) is 24.9 Å². The lowest BCUT2D eigenvalue weighted by Crippen LogP contribution is -2.57. The zero-order valence-electron chi connectivity index (χ0n) is 17.5. The number of aryl methyl sites for hydroxylation is 1. The van der Waals surface area contributed by atoms with E-state index in [1.807, 2.05) is 19.2 Å². The highest BCUT2D eigenvalue weighted by atomic mass is 16.2. The van der Waals surface area contributed by atoms with Crippen LogP contribution in [0.15, 0.2) is 30.9 Å². The van der Waals surface area contributed by atoms with Crippen molar-refractivity contribution >= 4 is 28.9 Å². The molecule has 3 aromatic heterocycles. The van der Waals surface area contributed by atoms with E-state index < -0.39 is 0 Å². The summed E-state index contributed by atoms with van der Waals surface area (Å²) in [6.45, 7) is 9.81. The summed E-state index contributed by atoms with van der Waals surface area (Å²) in [5.41, 5.74) is 4.79. The van der Waals surface area contributed by atoms with Crippen molar-refractivity contribution in [3.63, 3.8) is 0 Å². The predicted molar refractivity (Wildman–Crippen MR) is 116 cm³/mol. The summed E-state index contributed by atoms with van der Waals surface area (Å²) in [4.78, 5) is 26.0. The summed E-state index contributed by atoms with van der Waals surface area (Å²) < 4.78 is 1.66. The highest BCUT2D eigenvalue weighted by Crippen LogP contribution is 2.35. The fraction of sp³-hybridized carbons (Fsp3) is 0.429. The van der Waals surface area contributed by atoms with Crippen molar-refractivity contribution in [1.29, 1.82) is 0 Å². The monoisotopic (exact) mass is 406 g/mol. The van der Waals surface area contributed by atoms with Crippen molar-refractivity contribution in [2.45, 2.75) is 32.7 Å². The van der Waals surface area contributed by atoms with Crippen molar-refractivity contribution in [3.05, 3.63) is 42.0 Å². The topological polar surface area (TPSA) is 90.7 Å². The third-order valence-electron chi connectivity index (χ3n) is 5.87. The van der Waals surface area contributed by atoms with Crippen LogP contribution in [0.1, 0.15) is 25.0 Å². The second-order valence-corrected chi connectivity index (χ2v) is 8.63. The first-order valence-electron chi connectivity index (χ1n) is 10.3. The van der Waals surface area contributed by atoms with Gasteiger partial charge in [-0.25, -0.2) is 19.3 Å². The number of hydrogen-bond acceptors (Lipinski definition) is 6. The highest BCUT2D eigenvalue weighted by Gasteiger charge is 2.32. The highest BCUT2D eigenvalue weighted by molar-refractivity contribution is 6.03. The van der Waals surface area contributed by atoms with Crippen molar-refractivity contribution in [3.8, 4) is 0 Å². The van der Waals surface area contributed by atoms with Gasteiger partial charge in [0.25, 0.3) is 0 Å². The summed E-state index contributed by atoms with van der Waals surface area (Å²) >= 11 is 0. The minimum absolute atomic E-state index is 0.0571. The molecule has 2 aliphatic heterocycles. The Hall–Kier alpha value is -3.20. The van der Waals surface area contributed by atoms with E-state index in [1.54, 1.807) is 15.6 Å². The largest absolute Gasteiger partial charge is 0.368 e. The molecule has 0 saturated carbocycles. The zero-order valence-corrected chi connectivity index (χ0v) is 17.5. The van der Waals surface area contributed by atoms with E-state index in [-0.39, 0.29) is 11.6 Å². The van der Waals surface area contributed by atoms with E-state index in [4.69, 9.17) is 0 Å². The molecule has 2 N–H and O–H groups in total. The van der Waals surface area contributed by atoms with Gasteiger partial charge in [-0.05, 0) is 44.9 Å². The quantitative estimate of drug-likeness (QED) is 0.678. The Balaban J connectivity index is 1.40. The van der Waals surface area contributed by atoms with Crippen LogP contribution in [-0.2, 0) is 6.42 Å². The summed E-state index contributed by atoms with van der Waals surface area (Å²) in [7, 11) is 0. The van der Waals surface area contributed by atoms with Crippen LogP contribution in [0.4, 0.5) is 22.0 Å². The number of piperazine rings is 1. The number of pyridine rings is 2. The first-order chi connectivity index (χ1) is 14.4. The third kappa shape index (κ3) is 3.24. The van der Waals surface area contributed by atoms with Crippen LogP contribution in [0.25, 0.3) is 5.65 Å². The Morgan fingerprint density at radius 3 is 2.97 bits per heavy atom. The Morgan fingerprint density at radius 1 is 1.27 bits per heavy atom. The number of hydrogen-bond donors (Lipinski definition) is 2. The van der Waals surface area contributed by atoms with Crippen LogP contribution in [0.3, 0.4) is 0 Å². The second kappa shape index (κ2) is 6.94. The molecule has 1 saturated heterocycles. The molecular formula is C21H26N8O. The smallest absolute Gasteiger partial charge is 0.327 e. The molecule has 0 spiro atoms. The van der Waals surface area contributed by atoms with E-state index in [0.29, 0.717) is 12.2 Å². The molecule has 2 amide bonds. The molecule has 2 aliphatic rings. The number of fused-ring (bicyclic) bond motifs is 2. The summed E-state index contributed by atoms with van der Waals surface area (Å²) in [6.07, 6.45) is 5.90. The number of aromatic nitrogens is 4. The van der Waals surface area contributed by atoms with E-state index in [1.165, 1.54) is 12.0 Å². The third-order valence-corrected chi connectivity index (χ3v) is 5.87. The molecule has 0 aliphatic carbocycles. The van der Waals surface area contributed by atoms with Crippen LogP contribution in [0.5, 0.6) is 0 Å². The normalized spacial score (nSPS) is 18.0. The maximum absolute atomic E-state index is 13.1. The summed E-state index contributed by atoms with van der Waals surface area (Å²) in [6, 6.07) is 3.80. The number of nitrogens with one attached hydrogen (secondary N) is 2. The Bertz CT molecular complexity index is 1120. The first-order valence-corrected chi connectivity index (χ1v) is 10.3. The van der Waals surface area contributed by atoms with Gasteiger partial charge in [0.2, 0.25) is 0 Å². The molecule has 5 heterocycles. The second-order valence-electron chi connectivity index (χ2n) is 8.63. The molecular weight excluding hydrogens is 380 g/mol. The van der Waals surface area contributed by atoms with Crippen LogP contribution in [0, 0.1) is 6.92 Å². The molecule has 0 atom stereocenters. The molecule has 9 nitrogen and oxygen atoms in total. The molecule has 30 heavy (non-hydrogen) atoms. The average molecular weight is 406 g/mol. The fourth-order valence-corrected chi connectivity index (χ4v) is 4.39. The van der Waals surface area contributed by atoms with Gasteiger partial charge in [0.15, 0.2) is 5.65 Å². The van der Waals surface area contributed by atoms with E-state index in [0.717, 1.165) is 48.6 Å². The fourth-order valence-electron chi connectivity index (χ4n) is 4.39. The number of carbonyl (C=O) groups is 1. The minimum Gasteiger partial charge on any atom is -0.368 e. The van der Waals surface area contributed by atoms with Gasteiger partial charge >= 0.3 is 6.03 Å². The number of carbonyl (C=O) groups excluding carboxylic acids is 1.